The van der Waals surface area contributed by atoms with E-state index in [0.29, 0.717) is 23.2 Å². The van der Waals surface area contributed by atoms with E-state index in [2.05, 4.69) is 15.5 Å². The Kier molecular flexibility index (Phi) is 5.65. The minimum Gasteiger partial charge on any atom is -0.478 e. The van der Waals surface area contributed by atoms with E-state index in [0.717, 1.165) is 17.3 Å². The number of nitrogens with one attached hydrogen (secondary N) is 1. The summed E-state index contributed by atoms with van der Waals surface area (Å²) < 4.78 is 5.53. The van der Waals surface area contributed by atoms with Gasteiger partial charge in [-0.2, -0.15) is 0 Å². The van der Waals surface area contributed by atoms with Crippen molar-refractivity contribution in [2.75, 3.05) is 11.1 Å². The van der Waals surface area contributed by atoms with Gasteiger partial charge in [0.15, 0.2) is 0 Å². The number of carbonyl (C=O) groups excluding carboxylic acids is 1. The van der Waals surface area contributed by atoms with Gasteiger partial charge >= 0.3 is 5.97 Å². The van der Waals surface area contributed by atoms with Crippen molar-refractivity contribution in [1.82, 2.24) is 10.2 Å². The molecular weight excluding hydrogens is 354 g/mol. The smallest absolute Gasteiger partial charge is 0.335 e. The predicted molar refractivity (Wildman–Crippen MR) is 96.3 cm³/mol. The molecule has 0 unspecified atom stereocenters. The third-order valence-electron chi connectivity index (χ3n) is 3.39. The van der Waals surface area contributed by atoms with Crippen LogP contribution in [0.1, 0.15) is 21.8 Å². The minimum absolute atomic E-state index is 0.105. The Morgan fingerprint density at radius 1 is 1.04 bits per heavy atom. The van der Waals surface area contributed by atoms with E-state index < -0.39 is 5.97 Å². The lowest BCUT2D eigenvalue weighted by Gasteiger charge is -2.04. The third kappa shape index (κ3) is 4.93. The molecule has 1 aromatic heterocycles. The Hall–Kier alpha value is -3.13. The molecule has 0 bridgehead atoms. The lowest BCUT2D eigenvalue weighted by molar-refractivity contribution is -0.113. The summed E-state index contributed by atoms with van der Waals surface area (Å²) in [6.07, 6.45) is 0.538. The van der Waals surface area contributed by atoms with Crippen LogP contribution in [0.4, 0.5) is 5.69 Å². The van der Waals surface area contributed by atoms with Crippen LogP contribution in [0.3, 0.4) is 0 Å². The molecule has 2 N–H and O–H groups in total. The van der Waals surface area contributed by atoms with Crippen LogP contribution in [0.2, 0.25) is 0 Å². The zero-order chi connectivity index (χ0) is 18.4. The molecule has 0 aliphatic heterocycles. The summed E-state index contributed by atoms with van der Waals surface area (Å²) in [6, 6.07) is 15.7. The Labute approximate surface area is 153 Å². The third-order valence-corrected chi connectivity index (χ3v) is 4.21. The normalized spacial score (nSPS) is 10.5. The molecule has 0 aliphatic rings. The maximum atomic E-state index is 12.0. The van der Waals surface area contributed by atoms with E-state index in [4.69, 9.17) is 9.52 Å². The first-order chi connectivity index (χ1) is 12.6. The second-order valence-corrected chi connectivity index (χ2v) is 6.27. The first-order valence-electron chi connectivity index (χ1n) is 7.72. The van der Waals surface area contributed by atoms with Crippen LogP contribution in [-0.2, 0) is 11.2 Å². The number of rotatable bonds is 7. The molecule has 0 atom stereocenters. The predicted octanol–water partition coefficient (Wildman–Crippen LogP) is 3.09. The summed E-state index contributed by atoms with van der Waals surface area (Å²) in [5.41, 5.74) is 1.75. The number of aromatic carboxylic acids is 1. The maximum absolute atomic E-state index is 12.0. The molecule has 0 radical (unpaired) electrons. The highest BCUT2D eigenvalue weighted by Gasteiger charge is 2.11. The number of amides is 1. The standard InChI is InChI=1S/C18H15N3O4S/c22-15(19-14-8-6-13(7-9-14)17(23)24)11-26-18-21-20-16(25-18)10-12-4-2-1-3-5-12/h1-9H,10-11H2,(H,19,22)(H,23,24). The Morgan fingerprint density at radius 2 is 1.77 bits per heavy atom. The summed E-state index contributed by atoms with van der Waals surface area (Å²) >= 11 is 1.14. The largest absolute Gasteiger partial charge is 0.478 e. The molecule has 1 amide bonds. The second-order valence-electron chi connectivity index (χ2n) is 5.34. The number of nitrogens with zero attached hydrogens (tertiary/aromatic N) is 2. The van der Waals surface area contributed by atoms with Crippen molar-refractivity contribution in [3.63, 3.8) is 0 Å². The van der Waals surface area contributed by atoms with Gasteiger partial charge in [-0.25, -0.2) is 4.79 Å². The van der Waals surface area contributed by atoms with Gasteiger partial charge in [0.25, 0.3) is 5.22 Å². The number of anilines is 1. The molecule has 132 valence electrons. The van der Waals surface area contributed by atoms with Gasteiger partial charge in [0.05, 0.1) is 17.7 Å². The average Bonchev–Trinajstić information content (AvgIpc) is 3.09. The van der Waals surface area contributed by atoms with Gasteiger partial charge in [0.2, 0.25) is 11.8 Å². The fraction of sp³-hybridized carbons (Fsp3) is 0.111. The van der Waals surface area contributed by atoms with Crippen LogP contribution in [-0.4, -0.2) is 32.9 Å². The second kappa shape index (κ2) is 8.30. The van der Waals surface area contributed by atoms with Crippen molar-refractivity contribution >= 4 is 29.3 Å². The number of hydrogen-bond acceptors (Lipinski definition) is 6. The monoisotopic (exact) mass is 369 g/mol. The highest BCUT2D eigenvalue weighted by atomic mass is 32.2. The molecular formula is C18H15N3O4S. The molecule has 3 aromatic rings. The van der Waals surface area contributed by atoms with Crippen molar-refractivity contribution < 1.29 is 19.1 Å². The summed E-state index contributed by atoms with van der Waals surface area (Å²) in [6.45, 7) is 0. The van der Waals surface area contributed by atoms with Crippen LogP contribution in [0.25, 0.3) is 0 Å². The van der Waals surface area contributed by atoms with Gasteiger partial charge in [-0.3, -0.25) is 4.79 Å². The molecule has 26 heavy (non-hydrogen) atoms. The van der Waals surface area contributed by atoms with Gasteiger partial charge in [0.1, 0.15) is 0 Å². The fourth-order valence-electron chi connectivity index (χ4n) is 2.16. The van der Waals surface area contributed by atoms with Crippen molar-refractivity contribution in [2.45, 2.75) is 11.6 Å². The average molecular weight is 369 g/mol. The molecule has 0 saturated carbocycles. The number of carboxylic acid groups (broad SMARTS) is 1. The van der Waals surface area contributed by atoms with Crippen molar-refractivity contribution in [1.29, 1.82) is 0 Å². The van der Waals surface area contributed by atoms with Crippen LogP contribution in [0, 0.1) is 0 Å². The number of carboxylic acids is 1. The zero-order valence-electron chi connectivity index (χ0n) is 13.6. The topological polar surface area (TPSA) is 105 Å². The van der Waals surface area contributed by atoms with E-state index >= 15 is 0 Å². The summed E-state index contributed by atoms with van der Waals surface area (Å²) in [5, 5.41) is 19.8. The molecule has 2 aromatic carbocycles. The van der Waals surface area contributed by atoms with Gasteiger partial charge in [0, 0.05) is 5.69 Å². The summed E-state index contributed by atoms with van der Waals surface area (Å²) in [7, 11) is 0. The van der Waals surface area contributed by atoms with E-state index in [1.54, 1.807) is 0 Å². The van der Waals surface area contributed by atoms with Crippen LogP contribution >= 0.6 is 11.8 Å². The highest BCUT2D eigenvalue weighted by molar-refractivity contribution is 7.99. The van der Waals surface area contributed by atoms with E-state index in [1.165, 1.54) is 24.3 Å². The van der Waals surface area contributed by atoms with Crippen LogP contribution in [0.15, 0.2) is 64.2 Å². The van der Waals surface area contributed by atoms with E-state index in [-0.39, 0.29) is 17.2 Å². The van der Waals surface area contributed by atoms with Crippen LogP contribution in [0.5, 0.6) is 0 Å². The molecule has 1 heterocycles. The van der Waals surface area contributed by atoms with Gasteiger partial charge in [-0.05, 0) is 29.8 Å². The first-order valence-corrected chi connectivity index (χ1v) is 8.71. The summed E-state index contributed by atoms with van der Waals surface area (Å²) in [5.74, 6) is -0.668. The maximum Gasteiger partial charge on any atom is 0.335 e. The van der Waals surface area contributed by atoms with Crippen molar-refractivity contribution in [3.05, 3.63) is 71.6 Å². The van der Waals surface area contributed by atoms with E-state index in [1.807, 2.05) is 30.3 Å². The number of benzene rings is 2. The Morgan fingerprint density at radius 3 is 2.46 bits per heavy atom. The molecule has 0 fully saturated rings. The molecule has 8 heteroatoms. The number of aromatic nitrogens is 2. The lowest BCUT2D eigenvalue weighted by Crippen LogP contribution is -2.14. The quantitative estimate of drug-likeness (QED) is 0.617. The molecule has 0 aliphatic carbocycles. The van der Waals surface area contributed by atoms with E-state index in [9.17, 15) is 9.59 Å². The van der Waals surface area contributed by atoms with Crippen molar-refractivity contribution in [2.24, 2.45) is 0 Å². The zero-order valence-corrected chi connectivity index (χ0v) is 14.4. The Bertz CT molecular complexity index is 894. The molecule has 0 spiro atoms. The highest BCUT2D eigenvalue weighted by Crippen LogP contribution is 2.18. The van der Waals surface area contributed by atoms with Gasteiger partial charge in [-0.15, -0.1) is 10.2 Å². The van der Waals surface area contributed by atoms with Gasteiger partial charge in [-0.1, -0.05) is 42.1 Å². The van der Waals surface area contributed by atoms with Gasteiger partial charge < -0.3 is 14.8 Å². The summed E-state index contributed by atoms with van der Waals surface area (Å²) in [4.78, 5) is 22.8. The minimum atomic E-state index is -1.01. The Balaban J connectivity index is 1.49. The van der Waals surface area contributed by atoms with Crippen LogP contribution < -0.4 is 5.32 Å². The number of carbonyl (C=O) groups is 2. The number of hydrogen-bond donors (Lipinski definition) is 2. The first kappa shape index (κ1) is 17.7. The van der Waals surface area contributed by atoms with Crippen molar-refractivity contribution in [3.8, 4) is 0 Å². The molecule has 7 nitrogen and oxygen atoms in total. The fourth-order valence-corrected chi connectivity index (χ4v) is 2.74. The lowest BCUT2D eigenvalue weighted by atomic mass is 10.2. The SMILES string of the molecule is O=C(CSc1nnc(Cc2ccccc2)o1)Nc1ccc(C(=O)O)cc1. The number of thioether (sulfide) groups is 1. The molecule has 0 saturated heterocycles. The molecule has 3 rings (SSSR count).